The van der Waals surface area contributed by atoms with E-state index in [1.165, 1.54) is 64.9 Å². The standard InChI is InChI=1S/C26H29NS/c1-2-3-4-5-7-20-9-11-21(12-10-20)22-13-15-23(16-14-22)24-17-18-25(27-24)26-8-6-19-28-26/h6,8-16,19,24H,2-5,7,17-18H2,1H3. The van der Waals surface area contributed by atoms with Gasteiger partial charge in [0.15, 0.2) is 0 Å². The van der Waals surface area contributed by atoms with Crippen LogP contribution in [0.25, 0.3) is 11.1 Å². The third-order valence-corrected chi connectivity index (χ3v) is 6.59. The van der Waals surface area contributed by atoms with Crippen LogP contribution in [-0.2, 0) is 6.42 Å². The summed E-state index contributed by atoms with van der Waals surface area (Å²) in [6, 6.07) is 22.8. The summed E-state index contributed by atoms with van der Waals surface area (Å²) < 4.78 is 0. The van der Waals surface area contributed by atoms with Gasteiger partial charge >= 0.3 is 0 Å². The molecule has 0 radical (unpaired) electrons. The van der Waals surface area contributed by atoms with Gasteiger partial charge in [-0.25, -0.2) is 0 Å². The van der Waals surface area contributed by atoms with E-state index in [2.05, 4.69) is 73.0 Å². The number of unbranched alkanes of at least 4 members (excludes halogenated alkanes) is 3. The quantitative estimate of drug-likeness (QED) is 0.349. The van der Waals surface area contributed by atoms with Gasteiger partial charge in [0.1, 0.15) is 0 Å². The normalized spacial score (nSPS) is 16.3. The highest BCUT2D eigenvalue weighted by Crippen LogP contribution is 2.33. The van der Waals surface area contributed by atoms with Crippen molar-refractivity contribution in [3.8, 4) is 11.1 Å². The fourth-order valence-corrected chi connectivity index (χ4v) is 4.73. The molecule has 1 nitrogen and oxygen atoms in total. The second-order valence-corrected chi connectivity index (χ2v) is 8.68. The van der Waals surface area contributed by atoms with E-state index in [0.717, 1.165) is 12.8 Å². The van der Waals surface area contributed by atoms with E-state index in [1.54, 1.807) is 11.3 Å². The third kappa shape index (κ3) is 4.62. The minimum absolute atomic E-state index is 0.316. The molecular weight excluding hydrogens is 358 g/mol. The van der Waals surface area contributed by atoms with Crippen molar-refractivity contribution in [2.24, 2.45) is 4.99 Å². The zero-order chi connectivity index (χ0) is 19.2. The summed E-state index contributed by atoms with van der Waals surface area (Å²) in [5.74, 6) is 0. The molecule has 1 aromatic heterocycles. The van der Waals surface area contributed by atoms with Gasteiger partial charge in [0.05, 0.1) is 11.8 Å². The van der Waals surface area contributed by atoms with E-state index >= 15 is 0 Å². The summed E-state index contributed by atoms with van der Waals surface area (Å²) in [5, 5.41) is 2.14. The van der Waals surface area contributed by atoms with Crippen LogP contribution in [0.3, 0.4) is 0 Å². The molecule has 2 heteroatoms. The van der Waals surface area contributed by atoms with Crippen molar-refractivity contribution in [2.75, 3.05) is 0 Å². The number of rotatable bonds is 8. The maximum Gasteiger partial charge on any atom is 0.0756 e. The van der Waals surface area contributed by atoms with Gasteiger partial charge in [0, 0.05) is 4.88 Å². The summed E-state index contributed by atoms with van der Waals surface area (Å²) in [5.41, 5.74) is 6.67. The first-order chi connectivity index (χ1) is 13.8. The van der Waals surface area contributed by atoms with Crippen molar-refractivity contribution < 1.29 is 0 Å². The molecule has 2 heterocycles. The van der Waals surface area contributed by atoms with Crippen molar-refractivity contribution in [3.63, 3.8) is 0 Å². The second kappa shape index (κ2) is 9.34. The number of benzene rings is 2. The highest BCUT2D eigenvalue weighted by atomic mass is 32.1. The maximum absolute atomic E-state index is 4.98. The summed E-state index contributed by atoms with van der Waals surface area (Å²) in [7, 11) is 0. The molecule has 1 aliphatic heterocycles. The molecule has 0 amide bonds. The molecule has 1 unspecified atom stereocenters. The molecule has 0 N–H and O–H groups in total. The van der Waals surface area contributed by atoms with Gasteiger partial charge in [-0.2, -0.15) is 0 Å². The summed E-state index contributed by atoms with van der Waals surface area (Å²) >= 11 is 1.79. The van der Waals surface area contributed by atoms with Crippen LogP contribution in [0.2, 0.25) is 0 Å². The highest BCUT2D eigenvalue weighted by molar-refractivity contribution is 7.12. The second-order valence-electron chi connectivity index (χ2n) is 7.74. The summed E-state index contributed by atoms with van der Waals surface area (Å²) in [6.45, 7) is 2.27. The number of hydrogen-bond donors (Lipinski definition) is 0. The highest BCUT2D eigenvalue weighted by Gasteiger charge is 2.20. The lowest BCUT2D eigenvalue weighted by atomic mass is 9.98. The van der Waals surface area contributed by atoms with Gasteiger partial charge in [0.25, 0.3) is 0 Å². The molecule has 2 aromatic carbocycles. The smallest absolute Gasteiger partial charge is 0.0756 e. The Kier molecular flexibility index (Phi) is 6.38. The van der Waals surface area contributed by atoms with Crippen LogP contribution in [0.1, 0.15) is 67.5 Å². The molecule has 1 atom stereocenters. The molecule has 28 heavy (non-hydrogen) atoms. The Morgan fingerprint density at radius 1 is 0.893 bits per heavy atom. The van der Waals surface area contributed by atoms with Gasteiger partial charge in [0.2, 0.25) is 0 Å². The molecule has 3 aromatic rings. The van der Waals surface area contributed by atoms with Gasteiger partial charge in [-0.15, -0.1) is 11.3 Å². The van der Waals surface area contributed by atoms with E-state index in [9.17, 15) is 0 Å². The number of aliphatic imine (C=N–C) groups is 1. The number of nitrogens with zero attached hydrogens (tertiary/aromatic N) is 1. The predicted molar refractivity (Wildman–Crippen MR) is 123 cm³/mol. The van der Waals surface area contributed by atoms with Gasteiger partial charge < -0.3 is 0 Å². The van der Waals surface area contributed by atoms with Crippen LogP contribution in [0.5, 0.6) is 0 Å². The molecule has 144 valence electrons. The lowest BCUT2D eigenvalue weighted by Gasteiger charge is -2.09. The van der Waals surface area contributed by atoms with E-state index in [1.807, 2.05) is 0 Å². The van der Waals surface area contributed by atoms with Gasteiger partial charge in [-0.05, 0) is 59.4 Å². The Bertz CT molecular complexity index is 889. The molecular formula is C26H29NS. The number of aryl methyl sites for hydroxylation is 1. The van der Waals surface area contributed by atoms with Crippen LogP contribution in [0, 0.1) is 0 Å². The molecule has 0 fully saturated rings. The number of thiophene rings is 1. The Hall–Kier alpha value is -2.19. The average molecular weight is 388 g/mol. The Labute approximate surface area is 173 Å². The summed E-state index contributed by atoms with van der Waals surface area (Å²) in [6.07, 6.45) is 8.72. The van der Waals surface area contributed by atoms with Crippen molar-refractivity contribution >= 4 is 17.0 Å². The Morgan fingerprint density at radius 2 is 1.64 bits per heavy atom. The van der Waals surface area contributed by atoms with Crippen molar-refractivity contribution in [3.05, 3.63) is 82.0 Å². The minimum Gasteiger partial charge on any atom is -0.280 e. The average Bonchev–Trinajstić information content (AvgIpc) is 3.44. The fourth-order valence-electron chi connectivity index (χ4n) is 3.98. The SMILES string of the molecule is CCCCCCc1ccc(-c2ccc(C3CCC(c4cccs4)=N3)cc2)cc1. The molecule has 4 rings (SSSR count). The van der Waals surface area contributed by atoms with E-state index in [4.69, 9.17) is 4.99 Å². The maximum atomic E-state index is 4.98. The lowest BCUT2D eigenvalue weighted by molar-refractivity contribution is 0.667. The molecule has 0 bridgehead atoms. The van der Waals surface area contributed by atoms with Crippen LogP contribution in [0.15, 0.2) is 71.0 Å². The van der Waals surface area contributed by atoms with E-state index < -0.39 is 0 Å². The van der Waals surface area contributed by atoms with Crippen molar-refractivity contribution in [1.29, 1.82) is 0 Å². The van der Waals surface area contributed by atoms with E-state index in [0.29, 0.717) is 6.04 Å². The van der Waals surface area contributed by atoms with Crippen LogP contribution >= 0.6 is 11.3 Å². The van der Waals surface area contributed by atoms with Crippen LogP contribution in [-0.4, -0.2) is 5.71 Å². The first kappa shape index (κ1) is 19.1. The fraction of sp³-hybridized carbons (Fsp3) is 0.346. The Balaban J connectivity index is 1.39. The molecule has 0 saturated carbocycles. The molecule has 1 aliphatic rings. The zero-order valence-electron chi connectivity index (χ0n) is 16.7. The van der Waals surface area contributed by atoms with Crippen molar-refractivity contribution in [2.45, 2.75) is 57.9 Å². The lowest BCUT2D eigenvalue weighted by Crippen LogP contribution is -1.91. The topological polar surface area (TPSA) is 12.4 Å². The van der Waals surface area contributed by atoms with Gasteiger partial charge in [-0.1, -0.05) is 80.8 Å². The molecule has 0 saturated heterocycles. The largest absolute Gasteiger partial charge is 0.280 e. The van der Waals surface area contributed by atoms with Gasteiger partial charge in [-0.3, -0.25) is 4.99 Å². The first-order valence-corrected chi connectivity index (χ1v) is 11.5. The van der Waals surface area contributed by atoms with Crippen molar-refractivity contribution in [1.82, 2.24) is 0 Å². The molecule has 0 aliphatic carbocycles. The van der Waals surface area contributed by atoms with E-state index in [-0.39, 0.29) is 0 Å². The Morgan fingerprint density at radius 3 is 2.32 bits per heavy atom. The minimum atomic E-state index is 0.316. The zero-order valence-corrected chi connectivity index (χ0v) is 17.5. The predicted octanol–water partition coefficient (Wildman–Crippen LogP) is 7.86. The number of hydrogen-bond acceptors (Lipinski definition) is 2. The van der Waals surface area contributed by atoms with Crippen LogP contribution in [0.4, 0.5) is 0 Å². The monoisotopic (exact) mass is 387 g/mol. The first-order valence-electron chi connectivity index (χ1n) is 10.6. The van der Waals surface area contributed by atoms with Crippen LogP contribution < -0.4 is 0 Å². The molecule has 0 spiro atoms. The third-order valence-electron chi connectivity index (χ3n) is 5.67. The summed E-state index contributed by atoms with van der Waals surface area (Å²) in [4.78, 5) is 6.31.